The fourth-order valence-corrected chi connectivity index (χ4v) is 2.61. The molecule has 6 nitrogen and oxygen atoms in total. The number of carbonyl (C=O) groups excluding carboxylic acids is 1. The quantitative estimate of drug-likeness (QED) is 0.797. The molecule has 3 rings (SSSR count). The number of ether oxygens (including phenoxy) is 1. The second kappa shape index (κ2) is 3.76. The van der Waals surface area contributed by atoms with Gasteiger partial charge in [0.15, 0.2) is 11.4 Å². The molecule has 1 fully saturated rings. The van der Waals surface area contributed by atoms with E-state index >= 15 is 0 Å². The molecule has 0 saturated heterocycles. The number of rotatable bonds is 1. The average molecular weight is 251 g/mol. The van der Waals surface area contributed by atoms with Gasteiger partial charge in [-0.3, -0.25) is 4.79 Å². The van der Waals surface area contributed by atoms with Gasteiger partial charge < -0.3 is 19.6 Å². The number of fused-ring (bicyclic) bond motifs is 1. The third-order valence-corrected chi connectivity index (χ3v) is 3.56. The smallest absolute Gasteiger partial charge is 0.375 e. The van der Waals surface area contributed by atoms with Gasteiger partial charge in [0.05, 0.1) is 0 Å². The van der Waals surface area contributed by atoms with Gasteiger partial charge >= 0.3 is 5.97 Å². The van der Waals surface area contributed by atoms with E-state index in [-0.39, 0.29) is 17.4 Å². The van der Waals surface area contributed by atoms with Crippen LogP contribution in [0.5, 0.6) is 5.75 Å². The summed E-state index contributed by atoms with van der Waals surface area (Å²) in [5.41, 5.74) is -0.618. The van der Waals surface area contributed by atoms with E-state index in [1.54, 1.807) is 0 Å². The molecule has 1 aromatic heterocycles. The number of carboxylic acid groups (broad SMARTS) is 1. The van der Waals surface area contributed by atoms with Crippen LogP contribution in [0, 0.1) is 0 Å². The van der Waals surface area contributed by atoms with E-state index in [1.165, 1.54) is 6.26 Å². The zero-order chi connectivity index (χ0) is 12.8. The van der Waals surface area contributed by atoms with E-state index in [0.29, 0.717) is 18.5 Å². The van der Waals surface area contributed by atoms with Crippen LogP contribution < -0.4 is 10.1 Å². The Kier molecular flexibility index (Phi) is 2.33. The number of hydrogen-bond acceptors (Lipinski definition) is 4. The first-order valence-corrected chi connectivity index (χ1v) is 5.98. The van der Waals surface area contributed by atoms with E-state index < -0.39 is 11.6 Å². The van der Waals surface area contributed by atoms with E-state index in [0.717, 1.165) is 19.3 Å². The standard InChI is InChI=1S/C12H13NO5/c14-10(15)9-8-7(6-17-9)13-11(16)12(18-8)4-2-1-3-5-12/h6H,1-5H2,(H,13,16)(H,14,15). The lowest BCUT2D eigenvalue weighted by Gasteiger charge is -2.38. The van der Waals surface area contributed by atoms with Crippen LogP contribution in [-0.4, -0.2) is 22.6 Å². The molecule has 1 spiro atoms. The maximum atomic E-state index is 12.1. The van der Waals surface area contributed by atoms with Crippen molar-refractivity contribution in [1.29, 1.82) is 0 Å². The number of hydrogen-bond donors (Lipinski definition) is 2. The molecule has 1 aliphatic carbocycles. The summed E-state index contributed by atoms with van der Waals surface area (Å²) in [6, 6.07) is 0. The Morgan fingerprint density at radius 2 is 2.06 bits per heavy atom. The van der Waals surface area contributed by atoms with Gasteiger partial charge in [0, 0.05) is 0 Å². The first-order chi connectivity index (χ1) is 8.62. The number of furan rings is 1. The number of aromatic carboxylic acids is 1. The van der Waals surface area contributed by atoms with Crippen LogP contribution in [0.4, 0.5) is 5.69 Å². The molecule has 6 heteroatoms. The lowest BCUT2D eigenvalue weighted by molar-refractivity contribution is -0.135. The van der Waals surface area contributed by atoms with Crippen LogP contribution in [0.15, 0.2) is 10.7 Å². The third kappa shape index (κ3) is 1.48. The van der Waals surface area contributed by atoms with E-state index in [1.807, 2.05) is 0 Å². The second-order valence-corrected chi connectivity index (χ2v) is 4.72. The number of anilines is 1. The predicted molar refractivity (Wildman–Crippen MR) is 60.7 cm³/mol. The van der Waals surface area contributed by atoms with Crippen LogP contribution in [0.3, 0.4) is 0 Å². The summed E-state index contributed by atoms with van der Waals surface area (Å²) < 4.78 is 10.6. The van der Waals surface area contributed by atoms with Gasteiger partial charge in [-0.15, -0.1) is 0 Å². The van der Waals surface area contributed by atoms with Crippen LogP contribution in [0.2, 0.25) is 0 Å². The Balaban J connectivity index is 2.00. The highest BCUT2D eigenvalue weighted by molar-refractivity contribution is 6.03. The predicted octanol–water partition coefficient (Wildman–Crippen LogP) is 2.01. The maximum absolute atomic E-state index is 12.1. The van der Waals surface area contributed by atoms with Crippen molar-refractivity contribution >= 4 is 17.6 Å². The highest BCUT2D eigenvalue weighted by atomic mass is 16.5. The Labute approximate surface area is 103 Å². The van der Waals surface area contributed by atoms with Crippen molar-refractivity contribution in [2.45, 2.75) is 37.7 Å². The summed E-state index contributed by atoms with van der Waals surface area (Å²) in [5.74, 6) is -1.51. The van der Waals surface area contributed by atoms with Gasteiger partial charge in [-0.05, 0) is 25.7 Å². The topological polar surface area (TPSA) is 88.8 Å². The van der Waals surface area contributed by atoms with Crippen molar-refractivity contribution in [3.63, 3.8) is 0 Å². The van der Waals surface area contributed by atoms with Crippen molar-refractivity contribution in [1.82, 2.24) is 0 Å². The van der Waals surface area contributed by atoms with Crippen LogP contribution in [0.1, 0.15) is 42.7 Å². The summed E-state index contributed by atoms with van der Waals surface area (Å²) in [7, 11) is 0. The summed E-state index contributed by atoms with van der Waals surface area (Å²) >= 11 is 0. The zero-order valence-electron chi connectivity index (χ0n) is 9.69. The molecule has 0 aromatic carbocycles. The van der Waals surface area contributed by atoms with Crippen molar-refractivity contribution in [2.75, 3.05) is 5.32 Å². The van der Waals surface area contributed by atoms with E-state index in [4.69, 9.17) is 14.3 Å². The van der Waals surface area contributed by atoms with Crippen LogP contribution in [-0.2, 0) is 4.79 Å². The van der Waals surface area contributed by atoms with Gasteiger partial charge in [0.25, 0.3) is 11.7 Å². The van der Waals surface area contributed by atoms with Gasteiger partial charge in [0.1, 0.15) is 12.0 Å². The molecule has 1 saturated carbocycles. The van der Waals surface area contributed by atoms with Crippen molar-refractivity contribution in [3.05, 3.63) is 12.0 Å². The van der Waals surface area contributed by atoms with Crippen LogP contribution in [0.25, 0.3) is 0 Å². The number of carboxylic acids is 1. The summed E-state index contributed by atoms with van der Waals surface area (Å²) in [4.78, 5) is 23.1. The van der Waals surface area contributed by atoms with Gasteiger partial charge in [0.2, 0.25) is 0 Å². The monoisotopic (exact) mass is 251 g/mol. The molecule has 1 amide bonds. The largest absolute Gasteiger partial charge is 0.475 e. The third-order valence-electron chi connectivity index (χ3n) is 3.56. The normalized spacial score (nSPS) is 21.0. The summed E-state index contributed by atoms with van der Waals surface area (Å²) in [6.07, 6.45) is 5.31. The molecule has 1 aliphatic heterocycles. The second-order valence-electron chi connectivity index (χ2n) is 4.72. The van der Waals surface area contributed by atoms with Crippen molar-refractivity contribution in [2.24, 2.45) is 0 Å². The van der Waals surface area contributed by atoms with Gasteiger partial charge in [-0.1, -0.05) is 6.42 Å². The number of carbonyl (C=O) groups is 2. The molecule has 1 aromatic rings. The highest BCUT2D eigenvalue weighted by Gasteiger charge is 2.47. The van der Waals surface area contributed by atoms with Crippen LogP contribution >= 0.6 is 0 Å². The molecule has 2 N–H and O–H groups in total. The Hall–Kier alpha value is -1.98. The van der Waals surface area contributed by atoms with Gasteiger partial charge in [-0.2, -0.15) is 0 Å². The average Bonchev–Trinajstić information content (AvgIpc) is 2.74. The highest BCUT2D eigenvalue weighted by Crippen LogP contribution is 2.43. The molecule has 0 unspecified atom stereocenters. The molecule has 2 aliphatic rings. The lowest BCUT2D eigenvalue weighted by Crippen LogP contribution is -2.52. The molecule has 0 atom stereocenters. The number of nitrogens with one attached hydrogen (secondary N) is 1. The molecular formula is C12H13NO5. The molecule has 18 heavy (non-hydrogen) atoms. The van der Waals surface area contributed by atoms with E-state index in [9.17, 15) is 9.59 Å². The summed E-state index contributed by atoms with van der Waals surface area (Å²) in [5, 5.41) is 11.7. The lowest BCUT2D eigenvalue weighted by atomic mass is 9.83. The Morgan fingerprint density at radius 3 is 2.72 bits per heavy atom. The molecule has 0 radical (unpaired) electrons. The summed E-state index contributed by atoms with van der Waals surface area (Å²) in [6.45, 7) is 0. The molecule has 2 heterocycles. The van der Waals surface area contributed by atoms with Crippen molar-refractivity contribution in [3.8, 4) is 5.75 Å². The molecular weight excluding hydrogens is 238 g/mol. The SMILES string of the molecule is O=C(O)c1occ2c1OC1(CCCCC1)C(=O)N2. The fourth-order valence-electron chi connectivity index (χ4n) is 2.61. The minimum atomic E-state index is -1.20. The molecule has 0 bridgehead atoms. The molecule has 96 valence electrons. The minimum Gasteiger partial charge on any atom is -0.475 e. The number of amides is 1. The first kappa shape index (κ1) is 11.1. The Bertz CT molecular complexity index is 513. The van der Waals surface area contributed by atoms with E-state index in [2.05, 4.69) is 5.32 Å². The Morgan fingerprint density at radius 1 is 1.33 bits per heavy atom. The van der Waals surface area contributed by atoms with Crippen molar-refractivity contribution < 1.29 is 23.8 Å². The minimum absolute atomic E-state index is 0.143. The van der Waals surface area contributed by atoms with Gasteiger partial charge in [-0.25, -0.2) is 4.79 Å². The zero-order valence-corrected chi connectivity index (χ0v) is 9.69. The fraction of sp³-hybridized carbons (Fsp3) is 0.500. The maximum Gasteiger partial charge on any atom is 0.375 e. The first-order valence-electron chi connectivity index (χ1n) is 5.98.